The summed E-state index contributed by atoms with van der Waals surface area (Å²) >= 11 is 0. The standard InChI is InChI=1S/C15H23N5/c1-12-16-14(18(2)3)20(5)15(17-12)19(4)11-13-9-7-6-8-10-13/h6-10,12H,11H2,1-5H3. The molecule has 0 fully saturated rings. The third-order valence-electron chi connectivity index (χ3n) is 3.21. The van der Waals surface area contributed by atoms with Crippen molar-refractivity contribution in [1.29, 1.82) is 0 Å². The Kier molecular flexibility index (Phi) is 4.27. The molecule has 0 amide bonds. The van der Waals surface area contributed by atoms with Crippen LogP contribution in [0.15, 0.2) is 40.3 Å². The average Bonchev–Trinajstić information content (AvgIpc) is 2.41. The lowest BCUT2D eigenvalue weighted by molar-refractivity contribution is 0.405. The normalized spacial score (nSPS) is 18.4. The Labute approximate surface area is 121 Å². The SMILES string of the molecule is CC1N=C(N(C)C)N(C)C(N(C)Cc2ccccc2)=N1. The van der Waals surface area contributed by atoms with Gasteiger partial charge in [-0.3, -0.25) is 4.90 Å². The molecule has 1 atom stereocenters. The van der Waals surface area contributed by atoms with Crippen LogP contribution in [0.4, 0.5) is 0 Å². The monoisotopic (exact) mass is 273 g/mol. The molecule has 0 saturated heterocycles. The van der Waals surface area contributed by atoms with Gasteiger partial charge in [-0.05, 0) is 12.5 Å². The summed E-state index contributed by atoms with van der Waals surface area (Å²) in [7, 11) is 8.07. The van der Waals surface area contributed by atoms with E-state index in [1.807, 2.05) is 43.9 Å². The Hall–Kier alpha value is -2.04. The smallest absolute Gasteiger partial charge is 0.205 e. The van der Waals surface area contributed by atoms with Crippen molar-refractivity contribution in [2.45, 2.75) is 19.6 Å². The second kappa shape index (κ2) is 5.94. The number of aliphatic imine (C=N–C) groups is 2. The van der Waals surface area contributed by atoms with E-state index in [4.69, 9.17) is 0 Å². The molecule has 0 N–H and O–H groups in total. The number of benzene rings is 1. The first-order chi connectivity index (χ1) is 9.49. The van der Waals surface area contributed by atoms with Gasteiger partial charge in [-0.1, -0.05) is 30.3 Å². The van der Waals surface area contributed by atoms with Gasteiger partial charge in [-0.15, -0.1) is 0 Å². The Morgan fingerprint density at radius 3 is 2.25 bits per heavy atom. The molecule has 108 valence electrons. The highest BCUT2D eigenvalue weighted by Crippen LogP contribution is 2.12. The fourth-order valence-electron chi connectivity index (χ4n) is 2.32. The fourth-order valence-corrected chi connectivity index (χ4v) is 2.32. The van der Waals surface area contributed by atoms with Gasteiger partial charge in [-0.2, -0.15) is 0 Å². The van der Waals surface area contributed by atoms with Gasteiger partial charge in [0.2, 0.25) is 11.9 Å². The summed E-state index contributed by atoms with van der Waals surface area (Å²) in [5, 5.41) is 0. The Morgan fingerprint density at radius 2 is 1.65 bits per heavy atom. The summed E-state index contributed by atoms with van der Waals surface area (Å²) in [6.07, 6.45) is -0.0446. The summed E-state index contributed by atoms with van der Waals surface area (Å²) in [6.45, 7) is 2.84. The lowest BCUT2D eigenvalue weighted by Gasteiger charge is -2.35. The maximum absolute atomic E-state index is 4.65. The van der Waals surface area contributed by atoms with Crippen molar-refractivity contribution < 1.29 is 0 Å². The zero-order valence-corrected chi connectivity index (χ0v) is 12.9. The maximum atomic E-state index is 4.65. The van der Waals surface area contributed by atoms with Gasteiger partial charge in [0.15, 0.2) is 0 Å². The van der Waals surface area contributed by atoms with E-state index in [2.05, 4.69) is 46.2 Å². The first-order valence-electron chi connectivity index (χ1n) is 6.80. The van der Waals surface area contributed by atoms with E-state index in [9.17, 15) is 0 Å². The van der Waals surface area contributed by atoms with E-state index in [0.717, 1.165) is 18.5 Å². The molecule has 5 heteroatoms. The third kappa shape index (κ3) is 3.10. The van der Waals surface area contributed by atoms with E-state index < -0.39 is 0 Å². The second-order valence-corrected chi connectivity index (χ2v) is 5.29. The Balaban J connectivity index is 2.15. The molecule has 20 heavy (non-hydrogen) atoms. The zero-order valence-electron chi connectivity index (χ0n) is 12.9. The molecule has 1 unspecified atom stereocenters. The van der Waals surface area contributed by atoms with Gasteiger partial charge >= 0.3 is 0 Å². The summed E-state index contributed by atoms with van der Waals surface area (Å²) in [4.78, 5) is 15.4. The van der Waals surface area contributed by atoms with E-state index in [0.29, 0.717) is 0 Å². The Bertz CT molecular complexity index is 506. The van der Waals surface area contributed by atoms with Crippen LogP contribution in [-0.2, 0) is 6.54 Å². The zero-order chi connectivity index (χ0) is 14.7. The van der Waals surface area contributed by atoms with Crippen LogP contribution in [0, 0.1) is 0 Å². The van der Waals surface area contributed by atoms with Crippen LogP contribution < -0.4 is 0 Å². The maximum Gasteiger partial charge on any atom is 0.205 e. The molecule has 1 aliphatic rings. The molecule has 0 spiro atoms. The molecule has 0 radical (unpaired) electrons. The summed E-state index contributed by atoms with van der Waals surface area (Å²) in [5.74, 6) is 1.88. The van der Waals surface area contributed by atoms with Gasteiger partial charge in [0.25, 0.3) is 0 Å². The van der Waals surface area contributed by atoms with Crippen molar-refractivity contribution in [2.75, 3.05) is 28.2 Å². The van der Waals surface area contributed by atoms with Gasteiger partial charge in [0.05, 0.1) is 0 Å². The molecule has 1 heterocycles. The van der Waals surface area contributed by atoms with Gasteiger partial charge in [0.1, 0.15) is 6.17 Å². The van der Waals surface area contributed by atoms with Crippen molar-refractivity contribution >= 4 is 11.9 Å². The predicted molar refractivity (Wildman–Crippen MR) is 83.7 cm³/mol. The van der Waals surface area contributed by atoms with Crippen LogP contribution in [-0.4, -0.2) is 61.0 Å². The minimum absolute atomic E-state index is 0.0446. The van der Waals surface area contributed by atoms with E-state index in [1.165, 1.54) is 5.56 Å². The lowest BCUT2D eigenvalue weighted by atomic mass is 10.2. The fraction of sp³-hybridized carbons (Fsp3) is 0.467. The molecule has 1 aromatic carbocycles. The van der Waals surface area contributed by atoms with Crippen LogP contribution in [0.1, 0.15) is 12.5 Å². The number of guanidine groups is 2. The predicted octanol–water partition coefficient (Wildman–Crippen LogP) is 1.68. The highest BCUT2D eigenvalue weighted by atomic mass is 15.5. The highest BCUT2D eigenvalue weighted by Gasteiger charge is 2.24. The van der Waals surface area contributed by atoms with Crippen LogP contribution in [0.5, 0.6) is 0 Å². The van der Waals surface area contributed by atoms with Crippen LogP contribution in [0.2, 0.25) is 0 Å². The molecule has 0 aromatic heterocycles. The molecule has 2 rings (SSSR count). The summed E-state index contributed by atoms with van der Waals surface area (Å²) < 4.78 is 0. The number of hydrogen-bond acceptors (Lipinski definition) is 5. The molecule has 5 nitrogen and oxygen atoms in total. The number of rotatable bonds is 2. The quantitative estimate of drug-likeness (QED) is 0.822. The van der Waals surface area contributed by atoms with Crippen molar-refractivity contribution in [3.05, 3.63) is 35.9 Å². The first kappa shape index (κ1) is 14.4. The van der Waals surface area contributed by atoms with Gasteiger partial charge in [0, 0.05) is 34.7 Å². The van der Waals surface area contributed by atoms with Crippen LogP contribution in [0.25, 0.3) is 0 Å². The first-order valence-corrected chi connectivity index (χ1v) is 6.80. The van der Waals surface area contributed by atoms with Crippen molar-refractivity contribution in [1.82, 2.24) is 14.7 Å². The highest BCUT2D eigenvalue weighted by molar-refractivity contribution is 5.99. The summed E-state index contributed by atoms with van der Waals surface area (Å²) in [5.41, 5.74) is 1.27. The van der Waals surface area contributed by atoms with E-state index in [1.54, 1.807) is 0 Å². The average molecular weight is 273 g/mol. The minimum atomic E-state index is -0.0446. The number of hydrogen-bond donors (Lipinski definition) is 0. The minimum Gasteiger partial charge on any atom is -0.349 e. The largest absolute Gasteiger partial charge is 0.349 e. The topological polar surface area (TPSA) is 34.4 Å². The third-order valence-corrected chi connectivity index (χ3v) is 3.21. The summed E-state index contributed by atoms with van der Waals surface area (Å²) in [6, 6.07) is 10.4. The molecule has 0 bridgehead atoms. The molecular formula is C15H23N5. The van der Waals surface area contributed by atoms with Gasteiger partial charge < -0.3 is 9.80 Å². The van der Waals surface area contributed by atoms with Crippen molar-refractivity contribution in [3.8, 4) is 0 Å². The Morgan fingerprint density at radius 1 is 1.05 bits per heavy atom. The number of nitrogens with zero attached hydrogens (tertiary/aromatic N) is 5. The second-order valence-electron chi connectivity index (χ2n) is 5.29. The molecule has 0 saturated carbocycles. The van der Waals surface area contributed by atoms with Crippen LogP contribution in [0.3, 0.4) is 0 Å². The van der Waals surface area contributed by atoms with Crippen molar-refractivity contribution in [2.24, 2.45) is 9.98 Å². The van der Waals surface area contributed by atoms with Crippen LogP contribution >= 0.6 is 0 Å². The van der Waals surface area contributed by atoms with Crippen molar-refractivity contribution in [3.63, 3.8) is 0 Å². The molecule has 0 aliphatic carbocycles. The molecule has 1 aliphatic heterocycles. The molecule has 1 aromatic rings. The lowest BCUT2D eigenvalue weighted by Crippen LogP contribution is -2.50. The molecular weight excluding hydrogens is 250 g/mol. The van der Waals surface area contributed by atoms with E-state index >= 15 is 0 Å². The van der Waals surface area contributed by atoms with E-state index in [-0.39, 0.29) is 6.17 Å². The van der Waals surface area contributed by atoms with Gasteiger partial charge in [-0.25, -0.2) is 9.98 Å².